The summed E-state index contributed by atoms with van der Waals surface area (Å²) in [6.07, 6.45) is 3.60. The maximum absolute atomic E-state index is 5.93. The van der Waals surface area contributed by atoms with E-state index in [9.17, 15) is 0 Å². The van der Waals surface area contributed by atoms with E-state index < -0.39 is 0 Å². The molecule has 82 valence electrons. The molecule has 0 aliphatic heterocycles. The number of aromatic nitrogens is 1. The summed E-state index contributed by atoms with van der Waals surface area (Å²) in [6, 6.07) is 6.21. The summed E-state index contributed by atoms with van der Waals surface area (Å²) in [4.78, 5) is 4.39. The van der Waals surface area contributed by atoms with Crippen LogP contribution in [0.15, 0.2) is 18.2 Å². The van der Waals surface area contributed by atoms with Crippen LogP contribution in [0.5, 0.6) is 0 Å². The minimum absolute atomic E-state index is 0.217. The smallest absolute Gasteiger partial charge is 0.0892 e. The number of pyridine rings is 1. The Hall–Kier alpha value is -0.930. The summed E-state index contributed by atoms with van der Waals surface area (Å²) in [6.45, 7) is 2.57. The van der Waals surface area contributed by atoms with Gasteiger partial charge in [-0.2, -0.15) is 0 Å². The average Bonchev–Trinajstić information content (AvgIpc) is 2.61. The van der Waals surface area contributed by atoms with Crippen molar-refractivity contribution in [3.63, 3.8) is 0 Å². The minimum atomic E-state index is 0.217. The van der Waals surface area contributed by atoms with Crippen molar-refractivity contribution >= 4 is 0 Å². The van der Waals surface area contributed by atoms with Gasteiger partial charge in [-0.3, -0.25) is 4.98 Å². The molecule has 1 aliphatic rings. The van der Waals surface area contributed by atoms with Gasteiger partial charge in [0.2, 0.25) is 0 Å². The zero-order chi connectivity index (χ0) is 10.7. The lowest BCUT2D eigenvalue weighted by molar-refractivity contribution is 0.0339. The second kappa shape index (κ2) is 4.73. The lowest BCUT2D eigenvalue weighted by atomic mass is 10.2. The largest absolute Gasteiger partial charge is 0.370 e. The molecule has 1 aliphatic carbocycles. The summed E-state index contributed by atoms with van der Waals surface area (Å²) in [7, 11) is 0. The molecule has 2 rings (SSSR count). The van der Waals surface area contributed by atoms with Gasteiger partial charge in [0.05, 0.1) is 18.4 Å². The standard InChI is InChI=1S/C12H18N2O/c1-9-4-2-5-10(14-9)8-15-12-7-3-6-11(12)13/h2,4-5,11-12H,3,6-8,13H2,1H3. The van der Waals surface area contributed by atoms with E-state index in [-0.39, 0.29) is 12.1 Å². The first-order chi connectivity index (χ1) is 7.25. The van der Waals surface area contributed by atoms with Crippen LogP contribution in [0.4, 0.5) is 0 Å². The highest BCUT2D eigenvalue weighted by Gasteiger charge is 2.24. The van der Waals surface area contributed by atoms with Crippen molar-refractivity contribution < 1.29 is 4.74 Å². The van der Waals surface area contributed by atoms with Gasteiger partial charge in [-0.1, -0.05) is 6.07 Å². The molecule has 1 saturated carbocycles. The Kier molecular flexibility index (Phi) is 3.34. The number of aryl methyl sites for hydroxylation is 1. The molecular weight excluding hydrogens is 188 g/mol. The van der Waals surface area contributed by atoms with Gasteiger partial charge in [0.15, 0.2) is 0 Å². The SMILES string of the molecule is Cc1cccc(COC2CCCC2N)n1. The summed E-state index contributed by atoms with van der Waals surface area (Å²) >= 11 is 0. The number of rotatable bonds is 3. The Balaban J connectivity index is 1.87. The van der Waals surface area contributed by atoms with E-state index >= 15 is 0 Å². The van der Waals surface area contributed by atoms with Gasteiger partial charge in [-0.05, 0) is 38.3 Å². The van der Waals surface area contributed by atoms with Crippen molar-refractivity contribution in [2.45, 2.75) is 44.9 Å². The molecule has 15 heavy (non-hydrogen) atoms. The van der Waals surface area contributed by atoms with Gasteiger partial charge in [0, 0.05) is 11.7 Å². The van der Waals surface area contributed by atoms with Gasteiger partial charge in [-0.15, -0.1) is 0 Å². The first-order valence-corrected chi connectivity index (χ1v) is 5.55. The molecule has 3 heteroatoms. The van der Waals surface area contributed by atoms with Crippen molar-refractivity contribution in [1.29, 1.82) is 0 Å². The van der Waals surface area contributed by atoms with E-state index in [1.165, 1.54) is 6.42 Å². The molecular formula is C12H18N2O. The number of nitrogens with zero attached hydrogens (tertiary/aromatic N) is 1. The fraction of sp³-hybridized carbons (Fsp3) is 0.583. The lowest BCUT2D eigenvalue weighted by Crippen LogP contribution is -2.31. The van der Waals surface area contributed by atoms with Gasteiger partial charge in [0.1, 0.15) is 0 Å². The van der Waals surface area contributed by atoms with Crippen molar-refractivity contribution in [3.8, 4) is 0 Å². The first kappa shape index (κ1) is 10.6. The van der Waals surface area contributed by atoms with Crippen molar-refractivity contribution in [3.05, 3.63) is 29.6 Å². The Morgan fingerprint density at radius 3 is 3.00 bits per heavy atom. The minimum Gasteiger partial charge on any atom is -0.370 e. The number of hydrogen-bond donors (Lipinski definition) is 1. The monoisotopic (exact) mass is 206 g/mol. The van der Waals surface area contributed by atoms with Gasteiger partial charge >= 0.3 is 0 Å². The fourth-order valence-corrected chi connectivity index (χ4v) is 2.03. The fourth-order valence-electron chi connectivity index (χ4n) is 2.03. The highest BCUT2D eigenvalue weighted by Crippen LogP contribution is 2.21. The van der Waals surface area contributed by atoms with Crippen LogP contribution >= 0.6 is 0 Å². The van der Waals surface area contributed by atoms with Crippen molar-refractivity contribution in [2.24, 2.45) is 5.73 Å². The number of nitrogens with two attached hydrogens (primary N) is 1. The molecule has 0 amide bonds. The molecule has 3 nitrogen and oxygen atoms in total. The van der Waals surface area contributed by atoms with E-state index in [1.807, 2.05) is 25.1 Å². The van der Waals surface area contributed by atoms with Crippen LogP contribution in [-0.2, 0) is 11.3 Å². The third-order valence-corrected chi connectivity index (χ3v) is 2.89. The van der Waals surface area contributed by atoms with E-state index in [0.717, 1.165) is 24.2 Å². The van der Waals surface area contributed by atoms with E-state index in [1.54, 1.807) is 0 Å². The molecule has 1 aromatic heterocycles. The molecule has 0 bridgehead atoms. The van der Waals surface area contributed by atoms with Gasteiger partial charge in [0.25, 0.3) is 0 Å². The lowest BCUT2D eigenvalue weighted by Gasteiger charge is -2.15. The highest BCUT2D eigenvalue weighted by atomic mass is 16.5. The molecule has 0 spiro atoms. The molecule has 2 unspecified atom stereocenters. The van der Waals surface area contributed by atoms with E-state index in [2.05, 4.69) is 4.98 Å². The van der Waals surface area contributed by atoms with E-state index in [4.69, 9.17) is 10.5 Å². The van der Waals surface area contributed by atoms with E-state index in [0.29, 0.717) is 6.61 Å². The summed E-state index contributed by atoms with van der Waals surface area (Å²) < 4.78 is 5.77. The third kappa shape index (κ3) is 2.76. The summed E-state index contributed by atoms with van der Waals surface area (Å²) in [5.74, 6) is 0. The van der Waals surface area contributed by atoms with Crippen molar-refractivity contribution in [2.75, 3.05) is 0 Å². The Morgan fingerprint density at radius 2 is 2.33 bits per heavy atom. The van der Waals surface area contributed by atoms with Crippen LogP contribution in [-0.4, -0.2) is 17.1 Å². The molecule has 1 fully saturated rings. The second-order valence-electron chi connectivity index (χ2n) is 4.21. The molecule has 2 atom stereocenters. The van der Waals surface area contributed by atoms with Gasteiger partial charge < -0.3 is 10.5 Å². The highest BCUT2D eigenvalue weighted by molar-refractivity contribution is 5.09. The molecule has 1 heterocycles. The Labute approximate surface area is 90.7 Å². The van der Waals surface area contributed by atoms with Crippen LogP contribution in [0.25, 0.3) is 0 Å². The zero-order valence-electron chi connectivity index (χ0n) is 9.15. The second-order valence-corrected chi connectivity index (χ2v) is 4.21. The predicted octanol–water partition coefficient (Wildman–Crippen LogP) is 1.79. The Bertz CT molecular complexity index is 327. The van der Waals surface area contributed by atoms with Crippen LogP contribution in [0, 0.1) is 6.92 Å². The van der Waals surface area contributed by atoms with Crippen LogP contribution in [0.2, 0.25) is 0 Å². The number of ether oxygens (including phenoxy) is 1. The predicted molar refractivity (Wildman–Crippen MR) is 59.4 cm³/mol. The summed E-state index contributed by atoms with van der Waals surface area (Å²) in [5.41, 5.74) is 7.96. The number of hydrogen-bond acceptors (Lipinski definition) is 3. The molecule has 0 saturated heterocycles. The van der Waals surface area contributed by atoms with Crippen LogP contribution in [0.3, 0.4) is 0 Å². The van der Waals surface area contributed by atoms with Gasteiger partial charge in [-0.25, -0.2) is 0 Å². The van der Waals surface area contributed by atoms with Crippen molar-refractivity contribution in [1.82, 2.24) is 4.98 Å². The summed E-state index contributed by atoms with van der Waals surface area (Å²) in [5, 5.41) is 0. The maximum atomic E-state index is 5.93. The molecule has 1 aromatic rings. The quantitative estimate of drug-likeness (QED) is 0.820. The molecule has 0 aromatic carbocycles. The third-order valence-electron chi connectivity index (χ3n) is 2.89. The molecule has 0 radical (unpaired) electrons. The molecule has 2 N–H and O–H groups in total. The van der Waals surface area contributed by atoms with Crippen LogP contribution in [0.1, 0.15) is 30.7 Å². The Morgan fingerprint density at radius 1 is 1.47 bits per heavy atom. The zero-order valence-corrected chi connectivity index (χ0v) is 9.15. The van der Waals surface area contributed by atoms with Crippen LogP contribution < -0.4 is 5.73 Å². The maximum Gasteiger partial charge on any atom is 0.0892 e. The normalized spacial score (nSPS) is 25.7. The first-order valence-electron chi connectivity index (χ1n) is 5.55. The topological polar surface area (TPSA) is 48.1 Å². The average molecular weight is 206 g/mol.